The van der Waals surface area contributed by atoms with Crippen LogP contribution in [0.15, 0.2) is 34.8 Å². The molecule has 0 spiro atoms. The molecule has 3 heteroatoms. The Bertz CT molecular complexity index is 468. The number of aliphatic hydroxyl groups excluding tert-OH is 1. The van der Waals surface area contributed by atoms with Gasteiger partial charge < -0.3 is 5.11 Å². The molecule has 1 heterocycles. The van der Waals surface area contributed by atoms with Gasteiger partial charge in [-0.1, -0.05) is 28.1 Å². The van der Waals surface area contributed by atoms with Crippen molar-refractivity contribution in [1.82, 2.24) is 4.98 Å². The average molecular weight is 252 g/mol. The summed E-state index contributed by atoms with van der Waals surface area (Å²) in [6.45, 7) is 1.71. The van der Waals surface area contributed by atoms with Crippen molar-refractivity contribution in [3.63, 3.8) is 0 Å². The third kappa shape index (κ3) is 1.79. The molecule has 72 valence electrons. The molecule has 2 rings (SSSR count). The molecule has 1 aromatic heterocycles. The van der Waals surface area contributed by atoms with E-state index in [4.69, 9.17) is 0 Å². The number of benzene rings is 1. The number of nitrogens with zero attached hydrogens (tertiary/aromatic N) is 1. The van der Waals surface area contributed by atoms with Crippen molar-refractivity contribution in [2.24, 2.45) is 0 Å². The van der Waals surface area contributed by atoms with Gasteiger partial charge in [0.15, 0.2) is 0 Å². The zero-order valence-corrected chi connectivity index (χ0v) is 9.32. The van der Waals surface area contributed by atoms with Gasteiger partial charge in [0.1, 0.15) is 0 Å². The van der Waals surface area contributed by atoms with Crippen LogP contribution in [0.4, 0.5) is 0 Å². The number of pyridine rings is 1. The molecule has 0 amide bonds. The number of fused-ring (bicyclic) bond motifs is 1. The zero-order chi connectivity index (χ0) is 10.1. The van der Waals surface area contributed by atoms with Gasteiger partial charge in [0.25, 0.3) is 0 Å². The molecule has 0 fully saturated rings. The minimum absolute atomic E-state index is 0.515. The highest BCUT2D eigenvalue weighted by atomic mass is 79.9. The molecule has 2 aromatic rings. The Morgan fingerprint density at radius 1 is 1.29 bits per heavy atom. The summed E-state index contributed by atoms with van der Waals surface area (Å²) >= 11 is 3.39. The lowest BCUT2D eigenvalue weighted by Crippen LogP contribution is -1.94. The van der Waals surface area contributed by atoms with E-state index in [2.05, 4.69) is 20.9 Å². The maximum atomic E-state index is 9.38. The number of hydrogen-bond acceptors (Lipinski definition) is 2. The van der Waals surface area contributed by atoms with Crippen molar-refractivity contribution in [3.05, 3.63) is 40.5 Å². The van der Waals surface area contributed by atoms with Crippen molar-refractivity contribution in [3.8, 4) is 0 Å². The summed E-state index contributed by atoms with van der Waals surface area (Å²) in [7, 11) is 0. The van der Waals surface area contributed by atoms with Crippen molar-refractivity contribution in [2.75, 3.05) is 0 Å². The number of halogens is 1. The van der Waals surface area contributed by atoms with Gasteiger partial charge in [-0.2, -0.15) is 0 Å². The first-order chi connectivity index (χ1) is 6.66. The van der Waals surface area contributed by atoms with Crippen LogP contribution in [0.2, 0.25) is 0 Å². The SMILES string of the molecule is C[C@H](O)c1ccc2ccc(Br)cc2n1. The molecule has 2 nitrogen and oxygen atoms in total. The molecular weight excluding hydrogens is 242 g/mol. The number of aromatic nitrogens is 1. The second kappa shape index (κ2) is 3.67. The van der Waals surface area contributed by atoms with Crippen molar-refractivity contribution in [2.45, 2.75) is 13.0 Å². The molecule has 0 saturated carbocycles. The lowest BCUT2D eigenvalue weighted by molar-refractivity contribution is 0.195. The minimum atomic E-state index is -0.515. The Kier molecular flexibility index (Phi) is 2.52. The van der Waals surface area contributed by atoms with Gasteiger partial charge in [0.05, 0.1) is 17.3 Å². The number of hydrogen-bond donors (Lipinski definition) is 1. The smallest absolute Gasteiger partial charge is 0.0932 e. The Hall–Kier alpha value is -0.930. The van der Waals surface area contributed by atoms with Crippen LogP contribution < -0.4 is 0 Å². The van der Waals surface area contributed by atoms with E-state index in [0.29, 0.717) is 5.69 Å². The number of rotatable bonds is 1. The van der Waals surface area contributed by atoms with Crippen LogP contribution in [0.1, 0.15) is 18.7 Å². The minimum Gasteiger partial charge on any atom is -0.387 e. The molecule has 0 unspecified atom stereocenters. The summed E-state index contributed by atoms with van der Waals surface area (Å²) in [6.07, 6.45) is -0.515. The fraction of sp³-hybridized carbons (Fsp3) is 0.182. The maximum Gasteiger partial charge on any atom is 0.0932 e. The van der Waals surface area contributed by atoms with Crippen LogP contribution in [-0.4, -0.2) is 10.1 Å². The van der Waals surface area contributed by atoms with Crippen LogP contribution >= 0.6 is 15.9 Å². The molecule has 0 aliphatic rings. The van der Waals surface area contributed by atoms with E-state index in [1.165, 1.54) is 0 Å². The van der Waals surface area contributed by atoms with E-state index in [1.54, 1.807) is 6.92 Å². The quantitative estimate of drug-likeness (QED) is 0.846. The summed E-state index contributed by atoms with van der Waals surface area (Å²) in [5.41, 5.74) is 1.60. The normalized spacial score (nSPS) is 13.1. The van der Waals surface area contributed by atoms with E-state index in [-0.39, 0.29) is 0 Å². The average Bonchev–Trinajstić information content (AvgIpc) is 2.16. The van der Waals surface area contributed by atoms with E-state index < -0.39 is 6.10 Å². The molecule has 0 aliphatic carbocycles. The summed E-state index contributed by atoms with van der Waals surface area (Å²) < 4.78 is 1.00. The molecular formula is C11H10BrNO. The van der Waals surface area contributed by atoms with E-state index in [1.807, 2.05) is 30.3 Å². The molecule has 14 heavy (non-hydrogen) atoms. The van der Waals surface area contributed by atoms with Crippen LogP contribution in [-0.2, 0) is 0 Å². The van der Waals surface area contributed by atoms with Gasteiger partial charge in [-0.15, -0.1) is 0 Å². The highest BCUT2D eigenvalue weighted by Gasteiger charge is 2.03. The molecule has 1 aromatic carbocycles. The highest BCUT2D eigenvalue weighted by molar-refractivity contribution is 9.10. The van der Waals surface area contributed by atoms with E-state index in [0.717, 1.165) is 15.4 Å². The molecule has 1 N–H and O–H groups in total. The highest BCUT2D eigenvalue weighted by Crippen LogP contribution is 2.20. The topological polar surface area (TPSA) is 33.1 Å². The number of aliphatic hydroxyl groups is 1. The molecule has 0 bridgehead atoms. The zero-order valence-electron chi connectivity index (χ0n) is 7.74. The van der Waals surface area contributed by atoms with Crippen molar-refractivity contribution >= 4 is 26.8 Å². The monoisotopic (exact) mass is 251 g/mol. The van der Waals surface area contributed by atoms with Gasteiger partial charge in [0.2, 0.25) is 0 Å². The first-order valence-electron chi connectivity index (χ1n) is 4.41. The van der Waals surface area contributed by atoms with Crippen LogP contribution in [0.25, 0.3) is 10.9 Å². The Morgan fingerprint density at radius 3 is 2.71 bits per heavy atom. The molecule has 0 aliphatic heterocycles. The van der Waals surface area contributed by atoms with Gasteiger partial charge in [-0.3, -0.25) is 4.98 Å². The van der Waals surface area contributed by atoms with E-state index in [9.17, 15) is 5.11 Å². The first kappa shape index (κ1) is 9.62. The van der Waals surface area contributed by atoms with Gasteiger partial charge in [-0.25, -0.2) is 0 Å². The predicted octanol–water partition coefficient (Wildman–Crippen LogP) is 3.05. The Labute approximate surface area is 90.7 Å². The second-order valence-corrected chi connectivity index (χ2v) is 4.16. The van der Waals surface area contributed by atoms with Gasteiger partial charge in [0, 0.05) is 9.86 Å². The van der Waals surface area contributed by atoms with Crippen LogP contribution in [0.5, 0.6) is 0 Å². The fourth-order valence-electron chi connectivity index (χ4n) is 1.34. The molecule has 1 atom stereocenters. The van der Waals surface area contributed by atoms with Crippen molar-refractivity contribution in [1.29, 1.82) is 0 Å². The summed E-state index contributed by atoms with van der Waals surface area (Å²) in [6, 6.07) is 9.74. The Morgan fingerprint density at radius 2 is 2.00 bits per heavy atom. The third-order valence-electron chi connectivity index (χ3n) is 2.10. The Balaban J connectivity index is 2.63. The summed E-state index contributed by atoms with van der Waals surface area (Å²) in [4.78, 5) is 4.36. The predicted molar refractivity (Wildman–Crippen MR) is 60.1 cm³/mol. The van der Waals surface area contributed by atoms with Crippen molar-refractivity contribution < 1.29 is 5.11 Å². The van der Waals surface area contributed by atoms with E-state index >= 15 is 0 Å². The lowest BCUT2D eigenvalue weighted by Gasteiger charge is -2.05. The largest absolute Gasteiger partial charge is 0.387 e. The van der Waals surface area contributed by atoms with Gasteiger partial charge in [-0.05, 0) is 25.1 Å². The van der Waals surface area contributed by atoms with Gasteiger partial charge >= 0.3 is 0 Å². The fourth-order valence-corrected chi connectivity index (χ4v) is 1.69. The second-order valence-electron chi connectivity index (χ2n) is 3.25. The third-order valence-corrected chi connectivity index (χ3v) is 2.60. The van der Waals surface area contributed by atoms with Crippen LogP contribution in [0.3, 0.4) is 0 Å². The summed E-state index contributed by atoms with van der Waals surface area (Å²) in [5.74, 6) is 0. The standard InChI is InChI=1S/C11H10BrNO/c1-7(14)10-5-3-8-2-4-9(12)6-11(8)13-10/h2-7,14H,1H3/t7-/m0/s1. The molecule has 0 saturated heterocycles. The molecule has 0 radical (unpaired) electrons. The van der Waals surface area contributed by atoms with Crippen LogP contribution in [0, 0.1) is 0 Å². The summed E-state index contributed by atoms with van der Waals surface area (Å²) in [5, 5.41) is 10.5. The first-order valence-corrected chi connectivity index (χ1v) is 5.20. The maximum absolute atomic E-state index is 9.38. The lowest BCUT2D eigenvalue weighted by atomic mass is 10.2.